The van der Waals surface area contributed by atoms with Gasteiger partial charge < -0.3 is 5.32 Å². The van der Waals surface area contributed by atoms with E-state index in [9.17, 15) is 13.2 Å². The molecule has 1 aliphatic rings. The molecule has 1 aliphatic heterocycles. The van der Waals surface area contributed by atoms with Crippen LogP contribution in [0.15, 0.2) is 10.9 Å². The molecule has 1 aromatic heterocycles. The van der Waals surface area contributed by atoms with E-state index in [-0.39, 0.29) is 6.04 Å². The van der Waals surface area contributed by atoms with Gasteiger partial charge in [0, 0.05) is 31.1 Å². The standard InChI is InChI=1S/C10H14F3N3S/c11-10(12,13)6-16-2-1-8(4-16)14-3-9-5-17-7-15-9/h5,7-8,14H,1-4,6H2. The molecule has 1 N–H and O–H groups in total. The summed E-state index contributed by atoms with van der Waals surface area (Å²) in [5.74, 6) is 0. The van der Waals surface area contributed by atoms with Crippen LogP contribution < -0.4 is 5.32 Å². The zero-order valence-corrected chi connectivity index (χ0v) is 10.0. The van der Waals surface area contributed by atoms with Crippen LogP contribution in [0, 0.1) is 0 Å². The topological polar surface area (TPSA) is 28.2 Å². The van der Waals surface area contributed by atoms with Crippen LogP contribution in [0.25, 0.3) is 0 Å². The average molecular weight is 265 g/mol. The SMILES string of the molecule is FC(F)(F)CN1CCC(NCc2cscn2)C1. The molecule has 1 atom stereocenters. The minimum atomic E-state index is -4.09. The second kappa shape index (κ2) is 5.32. The Balaban J connectivity index is 1.71. The Morgan fingerprint density at radius 1 is 1.53 bits per heavy atom. The maximum absolute atomic E-state index is 12.2. The predicted molar refractivity (Wildman–Crippen MR) is 59.9 cm³/mol. The minimum Gasteiger partial charge on any atom is -0.307 e. The third kappa shape index (κ3) is 4.25. The number of hydrogen-bond acceptors (Lipinski definition) is 4. The summed E-state index contributed by atoms with van der Waals surface area (Å²) < 4.78 is 36.5. The van der Waals surface area contributed by atoms with Gasteiger partial charge in [-0.25, -0.2) is 4.98 Å². The summed E-state index contributed by atoms with van der Waals surface area (Å²) in [7, 11) is 0. The average Bonchev–Trinajstić information content (AvgIpc) is 2.82. The fourth-order valence-corrected chi connectivity index (χ4v) is 2.53. The Morgan fingerprint density at radius 3 is 3.00 bits per heavy atom. The lowest BCUT2D eigenvalue weighted by atomic mass is 10.2. The van der Waals surface area contributed by atoms with E-state index >= 15 is 0 Å². The van der Waals surface area contributed by atoms with E-state index in [1.54, 1.807) is 5.51 Å². The first-order chi connectivity index (χ1) is 8.03. The molecule has 1 fully saturated rings. The highest BCUT2D eigenvalue weighted by Gasteiger charge is 2.34. The summed E-state index contributed by atoms with van der Waals surface area (Å²) in [6, 6.07) is 0.138. The lowest BCUT2D eigenvalue weighted by molar-refractivity contribution is -0.143. The molecule has 0 amide bonds. The number of likely N-dealkylation sites (tertiary alicyclic amines) is 1. The van der Waals surface area contributed by atoms with Crippen molar-refractivity contribution in [1.82, 2.24) is 15.2 Å². The normalized spacial score (nSPS) is 22.2. The summed E-state index contributed by atoms with van der Waals surface area (Å²) in [5.41, 5.74) is 2.70. The highest BCUT2D eigenvalue weighted by atomic mass is 32.1. The molecular weight excluding hydrogens is 251 g/mol. The molecule has 0 saturated carbocycles. The van der Waals surface area contributed by atoms with Gasteiger partial charge in [0.25, 0.3) is 0 Å². The summed E-state index contributed by atoms with van der Waals surface area (Å²) in [4.78, 5) is 5.56. The van der Waals surface area contributed by atoms with Crippen molar-refractivity contribution in [2.24, 2.45) is 0 Å². The quantitative estimate of drug-likeness (QED) is 0.901. The van der Waals surface area contributed by atoms with Gasteiger partial charge in [-0.1, -0.05) is 0 Å². The largest absolute Gasteiger partial charge is 0.401 e. The fraction of sp³-hybridized carbons (Fsp3) is 0.700. The van der Waals surface area contributed by atoms with Gasteiger partial charge in [0.1, 0.15) is 0 Å². The van der Waals surface area contributed by atoms with Gasteiger partial charge >= 0.3 is 6.18 Å². The zero-order valence-electron chi connectivity index (χ0n) is 9.20. The number of nitrogens with zero attached hydrogens (tertiary/aromatic N) is 2. The van der Waals surface area contributed by atoms with Gasteiger partial charge in [-0.3, -0.25) is 4.90 Å². The molecule has 0 radical (unpaired) electrons. The van der Waals surface area contributed by atoms with Gasteiger partial charge in [-0.15, -0.1) is 11.3 Å². The van der Waals surface area contributed by atoms with Crippen LogP contribution in [0.4, 0.5) is 13.2 Å². The van der Waals surface area contributed by atoms with Crippen LogP contribution in [0.5, 0.6) is 0 Å². The molecule has 0 spiro atoms. The zero-order chi connectivity index (χ0) is 12.3. The first-order valence-electron chi connectivity index (χ1n) is 5.42. The number of hydrogen-bond donors (Lipinski definition) is 1. The Kier molecular flexibility index (Phi) is 4.01. The summed E-state index contributed by atoms with van der Waals surface area (Å²) in [6.45, 7) is 0.799. The maximum atomic E-state index is 12.2. The molecule has 2 rings (SSSR count). The number of halogens is 3. The maximum Gasteiger partial charge on any atom is 0.401 e. The molecule has 3 nitrogen and oxygen atoms in total. The second-order valence-corrected chi connectivity index (χ2v) is 4.92. The smallest absolute Gasteiger partial charge is 0.307 e. The van der Waals surface area contributed by atoms with E-state index in [1.807, 2.05) is 5.38 Å². The second-order valence-electron chi connectivity index (χ2n) is 4.20. The van der Waals surface area contributed by atoms with E-state index in [0.717, 1.165) is 12.1 Å². The molecule has 2 heterocycles. The van der Waals surface area contributed by atoms with Gasteiger partial charge in [0.2, 0.25) is 0 Å². The molecule has 0 aromatic carbocycles. The van der Waals surface area contributed by atoms with Crippen LogP contribution in [-0.4, -0.2) is 41.7 Å². The van der Waals surface area contributed by atoms with Crippen LogP contribution >= 0.6 is 11.3 Å². The highest BCUT2D eigenvalue weighted by Crippen LogP contribution is 2.20. The molecule has 7 heteroatoms. The number of nitrogens with one attached hydrogen (secondary N) is 1. The fourth-order valence-electron chi connectivity index (χ4n) is 1.97. The van der Waals surface area contributed by atoms with Crippen LogP contribution in [0.2, 0.25) is 0 Å². The van der Waals surface area contributed by atoms with Gasteiger partial charge in [-0.05, 0) is 6.42 Å². The van der Waals surface area contributed by atoms with Crippen molar-refractivity contribution in [1.29, 1.82) is 0 Å². The van der Waals surface area contributed by atoms with Crippen LogP contribution in [0.1, 0.15) is 12.1 Å². The number of alkyl halides is 3. The van der Waals surface area contributed by atoms with E-state index < -0.39 is 12.7 Å². The highest BCUT2D eigenvalue weighted by molar-refractivity contribution is 7.07. The third-order valence-electron chi connectivity index (χ3n) is 2.73. The lowest BCUT2D eigenvalue weighted by Crippen LogP contribution is -2.36. The van der Waals surface area contributed by atoms with Crippen molar-refractivity contribution in [2.45, 2.75) is 25.2 Å². The van der Waals surface area contributed by atoms with Gasteiger partial charge in [0.15, 0.2) is 0 Å². The van der Waals surface area contributed by atoms with E-state index in [1.165, 1.54) is 16.2 Å². The van der Waals surface area contributed by atoms with Gasteiger partial charge in [-0.2, -0.15) is 13.2 Å². The van der Waals surface area contributed by atoms with Crippen molar-refractivity contribution in [3.63, 3.8) is 0 Å². The van der Waals surface area contributed by atoms with Crippen LogP contribution in [-0.2, 0) is 6.54 Å². The van der Waals surface area contributed by atoms with E-state index in [0.29, 0.717) is 19.6 Å². The molecular formula is C10H14F3N3S. The number of rotatable bonds is 4. The van der Waals surface area contributed by atoms with Gasteiger partial charge in [0.05, 0.1) is 17.7 Å². The number of thiazole rings is 1. The molecule has 1 aromatic rings. The minimum absolute atomic E-state index is 0.138. The van der Waals surface area contributed by atoms with E-state index in [4.69, 9.17) is 0 Å². The van der Waals surface area contributed by atoms with Crippen molar-refractivity contribution in [3.8, 4) is 0 Å². The molecule has 96 valence electrons. The Labute approximate surface area is 102 Å². The van der Waals surface area contributed by atoms with Crippen molar-refractivity contribution in [2.75, 3.05) is 19.6 Å². The van der Waals surface area contributed by atoms with E-state index in [2.05, 4.69) is 10.3 Å². The summed E-state index contributed by atoms with van der Waals surface area (Å²) in [5, 5.41) is 5.17. The monoisotopic (exact) mass is 265 g/mol. The third-order valence-corrected chi connectivity index (χ3v) is 3.37. The number of aromatic nitrogens is 1. The molecule has 1 unspecified atom stereocenters. The van der Waals surface area contributed by atoms with Crippen molar-refractivity contribution in [3.05, 3.63) is 16.6 Å². The molecule has 1 saturated heterocycles. The molecule has 0 bridgehead atoms. The summed E-state index contributed by atoms with van der Waals surface area (Å²) >= 11 is 1.52. The van der Waals surface area contributed by atoms with Crippen LogP contribution in [0.3, 0.4) is 0 Å². The van der Waals surface area contributed by atoms with Crippen molar-refractivity contribution >= 4 is 11.3 Å². The Hall–Kier alpha value is -0.660. The summed E-state index contributed by atoms with van der Waals surface area (Å²) in [6.07, 6.45) is -3.33. The molecule has 0 aliphatic carbocycles. The lowest BCUT2D eigenvalue weighted by Gasteiger charge is -2.18. The molecule has 17 heavy (non-hydrogen) atoms. The van der Waals surface area contributed by atoms with Crippen molar-refractivity contribution < 1.29 is 13.2 Å². The Morgan fingerprint density at radius 2 is 2.35 bits per heavy atom. The predicted octanol–water partition coefficient (Wildman–Crippen LogP) is 1.87. The first kappa shape index (κ1) is 12.8. The first-order valence-corrected chi connectivity index (χ1v) is 6.37. The Bertz CT molecular complexity index is 339.